The SMILES string of the molecule is CCCCCCCC/C=C\C/C=C/CC(O)C(=O)NC(COC1OC(CO)C(O)C(O)C1OC(=O)CCCCCCCCCCC/C=C/CCCCCCCC)C(O)/C=C/CCCCCCCCCCCCC. The van der Waals surface area contributed by atoms with E-state index in [-0.39, 0.29) is 19.4 Å². The largest absolute Gasteiger partial charge is 0.454 e. The van der Waals surface area contributed by atoms with Crippen molar-refractivity contribution in [2.75, 3.05) is 13.2 Å². The molecule has 426 valence electrons. The predicted molar refractivity (Wildman–Crippen MR) is 301 cm³/mol. The molecule has 6 N–H and O–H groups in total. The van der Waals surface area contributed by atoms with Crippen LogP contribution < -0.4 is 5.32 Å². The highest BCUT2D eigenvalue weighted by Crippen LogP contribution is 2.26. The summed E-state index contributed by atoms with van der Waals surface area (Å²) in [5.41, 5.74) is 0. The van der Waals surface area contributed by atoms with Crippen LogP contribution in [0.4, 0.5) is 0 Å². The maximum Gasteiger partial charge on any atom is 0.306 e. The first-order chi connectivity index (χ1) is 35.7. The van der Waals surface area contributed by atoms with Gasteiger partial charge in [0.15, 0.2) is 12.4 Å². The molecule has 0 spiro atoms. The van der Waals surface area contributed by atoms with Crippen molar-refractivity contribution in [2.24, 2.45) is 0 Å². The van der Waals surface area contributed by atoms with E-state index in [0.717, 1.165) is 44.9 Å². The minimum atomic E-state index is -1.62. The quantitative estimate of drug-likeness (QED) is 0.0195. The van der Waals surface area contributed by atoms with Crippen LogP contribution in [0.1, 0.15) is 271 Å². The van der Waals surface area contributed by atoms with Gasteiger partial charge < -0.3 is 45.1 Å². The lowest BCUT2D eigenvalue weighted by Crippen LogP contribution is -2.61. The minimum absolute atomic E-state index is 0.0825. The third-order valence-electron chi connectivity index (χ3n) is 14.2. The number of ether oxygens (including phenoxy) is 3. The third kappa shape index (κ3) is 38.8. The van der Waals surface area contributed by atoms with E-state index in [4.69, 9.17) is 14.2 Å². The van der Waals surface area contributed by atoms with Gasteiger partial charge in [-0.2, -0.15) is 0 Å². The van der Waals surface area contributed by atoms with Gasteiger partial charge in [0.2, 0.25) is 5.91 Å². The van der Waals surface area contributed by atoms with Gasteiger partial charge in [0.1, 0.15) is 24.4 Å². The van der Waals surface area contributed by atoms with Crippen LogP contribution in [0.5, 0.6) is 0 Å². The fourth-order valence-corrected chi connectivity index (χ4v) is 9.34. The smallest absolute Gasteiger partial charge is 0.306 e. The van der Waals surface area contributed by atoms with Crippen molar-refractivity contribution in [3.05, 3.63) is 48.6 Å². The molecule has 1 fully saturated rings. The second kappa shape index (κ2) is 50.4. The molecule has 0 aliphatic carbocycles. The van der Waals surface area contributed by atoms with Crippen LogP contribution in [0.15, 0.2) is 48.6 Å². The number of hydrogen-bond acceptors (Lipinski definition) is 10. The van der Waals surface area contributed by atoms with Crippen LogP contribution in [0, 0.1) is 0 Å². The first kappa shape index (κ1) is 68.6. The zero-order chi connectivity index (χ0) is 53.3. The lowest BCUT2D eigenvalue weighted by Gasteiger charge is -2.41. The number of amides is 1. The average Bonchev–Trinajstić information content (AvgIpc) is 3.39. The molecule has 1 aliphatic rings. The molecule has 0 bridgehead atoms. The molecule has 0 aromatic carbocycles. The van der Waals surface area contributed by atoms with E-state index < -0.39 is 67.4 Å². The lowest BCUT2D eigenvalue weighted by molar-refractivity contribution is -0.305. The van der Waals surface area contributed by atoms with Gasteiger partial charge in [0.05, 0.1) is 25.4 Å². The fourth-order valence-electron chi connectivity index (χ4n) is 9.34. The van der Waals surface area contributed by atoms with Gasteiger partial charge in [-0.1, -0.05) is 243 Å². The Kier molecular flexibility index (Phi) is 47.4. The monoisotopic (exact) mass is 1030 g/mol. The van der Waals surface area contributed by atoms with Crippen molar-refractivity contribution in [2.45, 2.75) is 320 Å². The van der Waals surface area contributed by atoms with Crippen molar-refractivity contribution in [1.29, 1.82) is 0 Å². The van der Waals surface area contributed by atoms with Crippen LogP contribution in [-0.4, -0.2) is 99.6 Å². The summed E-state index contributed by atoms with van der Waals surface area (Å²) in [7, 11) is 0. The van der Waals surface area contributed by atoms with E-state index in [1.54, 1.807) is 12.2 Å². The van der Waals surface area contributed by atoms with Crippen molar-refractivity contribution in [3.63, 3.8) is 0 Å². The number of aliphatic hydroxyl groups excluding tert-OH is 5. The molecule has 8 unspecified atom stereocenters. The van der Waals surface area contributed by atoms with Gasteiger partial charge in [0, 0.05) is 12.8 Å². The van der Waals surface area contributed by atoms with Crippen LogP contribution in [0.25, 0.3) is 0 Å². The number of nitrogens with one attached hydrogen (secondary N) is 1. The molecule has 1 amide bonds. The van der Waals surface area contributed by atoms with Crippen molar-refractivity contribution < 1.29 is 49.3 Å². The standard InChI is InChI=1S/C62H113NO10/c1-4-7-10-13-16-19-22-25-26-27-28-29-30-32-35-38-41-44-47-50-57(67)73-60-59(69)58(68)56(51-64)72-62(60)71-52-53(54(65)48-45-42-39-36-34-31-23-20-17-14-11-8-5-2)63-61(70)55(66)49-46-43-40-37-33-24-21-18-15-12-9-6-3/h25-26,33,37,43,45-46,48,53-56,58-60,62,64-66,68-69H,4-24,27-32,34-36,38-42,44,47,49-52H2,1-3H3,(H,63,70)/b26-25+,37-33-,46-43+,48-45+. The number of rotatable bonds is 51. The summed E-state index contributed by atoms with van der Waals surface area (Å²) in [5.74, 6) is -1.26. The molecule has 0 aromatic rings. The molecule has 11 heteroatoms. The van der Waals surface area contributed by atoms with Crippen molar-refractivity contribution in [1.82, 2.24) is 5.32 Å². The molecule has 8 atom stereocenters. The highest BCUT2D eigenvalue weighted by Gasteiger charge is 2.47. The van der Waals surface area contributed by atoms with E-state index in [1.807, 2.05) is 12.2 Å². The summed E-state index contributed by atoms with van der Waals surface area (Å²) in [6.07, 6.45) is 50.3. The maximum absolute atomic E-state index is 13.3. The predicted octanol–water partition coefficient (Wildman–Crippen LogP) is 14.1. The van der Waals surface area contributed by atoms with Crippen LogP contribution in [-0.2, 0) is 23.8 Å². The van der Waals surface area contributed by atoms with Crippen molar-refractivity contribution in [3.8, 4) is 0 Å². The first-order valence-corrected chi connectivity index (χ1v) is 30.4. The van der Waals surface area contributed by atoms with Crippen LogP contribution >= 0.6 is 0 Å². The second-order valence-electron chi connectivity index (χ2n) is 21.1. The Hall–Kier alpha value is -2.38. The Labute approximate surface area is 446 Å². The van der Waals surface area contributed by atoms with E-state index in [0.29, 0.717) is 12.8 Å². The van der Waals surface area contributed by atoms with E-state index in [2.05, 4.69) is 50.4 Å². The molecule has 0 radical (unpaired) electrons. The zero-order valence-electron chi connectivity index (χ0n) is 47.0. The number of allylic oxidation sites excluding steroid dienone is 6. The summed E-state index contributed by atoms with van der Waals surface area (Å²) in [5, 5.41) is 56.8. The fraction of sp³-hybridized carbons (Fsp3) is 0.839. The molecule has 1 saturated heterocycles. The van der Waals surface area contributed by atoms with Gasteiger partial charge in [-0.05, 0) is 64.2 Å². The van der Waals surface area contributed by atoms with Gasteiger partial charge in [-0.15, -0.1) is 0 Å². The number of carbonyl (C=O) groups is 2. The molecule has 1 rings (SSSR count). The minimum Gasteiger partial charge on any atom is -0.454 e. The summed E-state index contributed by atoms with van der Waals surface area (Å²) in [6.45, 7) is 5.74. The third-order valence-corrected chi connectivity index (χ3v) is 14.2. The molecule has 0 saturated carbocycles. The lowest BCUT2D eigenvalue weighted by atomic mass is 9.99. The van der Waals surface area contributed by atoms with Gasteiger partial charge in [0.25, 0.3) is 0 Å². The average molecular weight is 1030 g/mol. The van der Waals surface area contributed by atoms with Crippen LogP contribution in [0.2, 0.25) is 0 Å². The summed E-state index contributed by atoms with van der Waals surface area (Å²) >= 11 is 0. The van der Waals surface area contributed by atoms with E-state index in [1.165, 1.54) is 180 Å². The second-order valence-corrected chi connectivity index (χ2v) is 21.1. The zero-order valence-corrected chi connectivity index (χ0v) is 47.0. The summed E-state index contributed by atoms with van der Waals surface area (Å²) in [6, 6.07) is -1.05. The number of carbonyl (C=O) groups excluding carboxylic acids is 2. The summed E-state index contributed by atoms with van der Waals surface area (Å²) < 4.78 is 17.6. The Morgan fingerprint density at radius 2 is 0.945 bits per heavy atom. The Morgan fingerprint density at radius 3 is 1.41 bits per heavy atom. The van der Waals surface area contributed by atoms with E-state index >= 15 is 0 Å². The van der Waals surface area contributed by atoms with Gasteiger partial charge in [-0.25, -0.2) is 0 Å². The maximum atomic E-state index is 13.3. The molecule has 1 heterocycles. The molecular weight excluding hydrogens is 919 g/mol. The highest BCUT2D eigenvalue weighted by atomic mass is 16.7. The number of hydrogen-bond donors (Lipinski definition) is 6. The molecular formula is C62H113NO10. The topological polar surface area (TPSA) is 175 Å². The molecule has 73 heavy (non-hydrogen) atoms. The van der Waals surface area contributed by atoms with E-state index in [9.17, 15) is 35.1 Å². The molecule has 1 aliphatic heterocycles. The molecule has 11 nitrogen and oxygen atoms in total. The van der Waals surface area contributed by atoms with Crippen molar-refractivity contribution >= 4 is 11.9 Å². The van der Waals surface area contributed by atoms with Gasteiger partial charge >= 0.3 is 5.97 Å². The number of esters is 1. The highest BCUT2D eigenvalue weighted by molar-refractivity contribution is 5.81. The first-order valence-electron chi connectivity index (χ1n) is 30.4. The van der Waals surface area contributed by atoms with Crippen LogP contribution in [0.3, 0.4) is 0 Å². The Balaban J connectivity index is 2.71. The number of unbranched alkanes of at least 4 members (excludes halogenated alkanes) is 32. The molecule has 0 aromatic heterocycles. The Bertz CT molecular complexity index is 1370. The normalized spacial score (nSPS) is 19.7. The number of aliphatic hydroxyl groups is 5. The summed E-state index contributed by atoms with van der Waals surface area (Å²) in [4.78, 5) is 26.4. The van der Waals surface area contributed by atoms with Gasteiger partial charge in [-0.3, -0.25) is 9.59 Å². The Morgan fingerprint density at radius 1 is 0.534 bits per heavy atom.